The van der Waals surface area contributed by atoms with Gasteiger partial charge in [-0.3, -0.25) is 9.59 Å². The standard InChI is InChI=1S/C13H22N2O2S/c1-3-10-13(17)15(7-9-5-6-18-8-9)11(4-2)12(16)14-10/h9-11H,3-8H2,1-2H3,(H,14,16). The minimum atomic E-state index is -0.311. The third-order valence-electron chi connectivity index (χ3n) is 3.85. The molecule has 0 saturated carbocycles. The predicted molar refractivity (Wildman–Crippen MR) is 73.4 cm³/mol. The lowest BCUT2D eigenvalue weighted by atomic mass is 10.00. The Bertz CT molecular complexity index is 329. The van der Waals surface area contributed by atoms with E-state index in [2.05, 4.69) is 5.32 Å². The Labute approximate surface area is 113 Å². The van der Waals surface area contributed by atoms with Crippen LogP contribution in [0.2, 0.25) is 0 Å². The highest BCUT2D eigenvalue weighted by molar-refractivity contribution is 7.99. The van der Waals surface area contributed by atoms with Crippen LogP contribution in [0.15, 0.2) is 0 Å². The summed E-state index contributed by atoms with van der Waals surface area (Å²) < 4.78 is 0. The average Bonchev–Trinajstić information content (AvgIpc) is 2.86. The van der Waals surface area contributed by atoms with Gasteiger partial charge in [-0.2, -0.15) is 11.8 Å². The van der Waals surface area contributed by atoms with Gasteiger partial charge in [0.05, 0.1) is 0 Å². The maximum atomic E-state index is 12.4. The molecule has 4 nitrogen and oxygen atoms in total. The maximum absolute atomic E-state index is 12.4. The van der Waals surface area contributed by atoms with Crippen molar-refractivity contribution in [3.8, 4) is 0 Å². The van der Waals surface area contributed by atoms with Crippen molar-refractivity contribution in [3.63, 3.8) is 0 Å². The zero-order valence-corrected chi connectivity index (χ0v) is 12.0. The summed E-state index contributed by atoms with van der Waals surface area (Å²) in [5, 5.41) is 2.84. The summed E-state index contributed by atoms with van der Waals surface area (Å²) in [6.45, 7) is 4.67. The molecule has 2 amide bonds. The predicted octanol–water partition coefficient (Wildman–Crippen LogP) is 1.26. The lowest BCUT2D eigenvalue weighted by molar-refractivity contribution is -0.150. The summed E-state index contributed by atoms with van der Waals surface area (Å²) in [6, 6.07) is -0.569. The summed E-state index contributed by atoms with van der Waals surface area (Å²) in [7, 11) is 0. The van der Waals surface area contributed by atoms with Crippen LogP contribution in [-0.4, -0.2) is 46.8 Å². The lowest BCUT2D eigenvalue weighted by Crippen LogP contribution is -2.63. The fourth-order valence-electron chi connectivity index (χ4n) is 2.73. The molecule has 2 aliphatic rings. The molecule has 2 fully saturated rings. The number of hydrogen-bond acceptors (Lipinski definition) is 3. The molecule has 1 N–H and O–H groups in total. The van der Waals surface area contributed by atoms with Gasteiger partial charge in [-0.1, -0.05) is 13.8 Å². The molecule has 2 rings (SSSR count). The second-order valence-corrected chi connectivity index (χ2v) is 6.26. The minimum absolute atomic E-state index is 0.0228. The maximum Gasteiger partial charge on any atom is 0.245 e. The van der Waals surface area contributed by atoms with E-state index in [1.54, 1.807) is 0 Å². The van der Waals surface area contributed by atoms with Crippen molar-refractivity contribution in [3.05, 3.63) is 0 Å². The Kier molecular flexibility index (Phi) is 4.54. The Hall–Kier alpha value is -0.710. The quantitative estimate of drug-likeness (QED) is 0.836. The van der Waals surface area contributed by atoms with Crippen LogP contribution < -0.4 is 5.32 Å². The van der Waals surface area contributed by atoms with E-state index < -0.39 is 0 Å². The van der Waals surface area contributed by atoms with E-state index in [1.165, 1.54) is 12.2 Å². The van der Waals surface area contributed by atoms with E-state index in [1.807, 2.05) is 30.5 Å². The molecule has 0 aliphatic carbocycles. The third kappa shape index (κ3) is 2.66. The summed E-state index contributed by atoms with van der Waals surface area (Å²) >= 11 is 1.95. The molecule has 0 aromatic heterocycles. The van der Waals surface area contributed by atoms with Crippen LogP contribution in [0.5, 0.6) is 0 Å². The van der Waals surface area contributed by atoms with Crippen LogP contribution in [0.4, 0.5) is 0 Å². The van der Waals surface area contributed by atoms with Gasteiger partial charge >= 0.3 is 0 Å². The van der Waals surface area contributed by atoms with E-state index in [0.29, 0.717) is 18.8 Å². The van der Waals surface area contributed by atoms with Gasteiger partial charge in [0.15, 0.2) is 0 Å². The normalized spacial score (nSPS) is 32.8. The van der Waals surface area contributed by atoms with Crippen LogP contribution in [0.25, 0.3) is 0 Å². The largest absolute Gasteiger partial charge is 0.343 e. The zero-order chi connectivity index (χ0) is 13.1. The number of carbonyl (C=O) groups is 2. The second-order valence-electron chi connectivity index (χ2n) is 5.11. The molecule has 5 heteroatoms. The van der Waals surface area contributed by atoms with Crippen molar-refractivity contribution in [1.82, 2.24) is 10.2 Å². The molecule has 0 spiro atoms. The second kappa shape index (κ2) is 5.95. The van der Waals surface area contributed by atoms with E-state index in [0.717, 1.165) is 12.3 Å². The number of rotatable bonds is 4. The van der Waals surface area contributed by atoms with Crippen LogP contribution in [-0.2, 0) is 9.59 Å². The fraction of sp³-hybridized carbons (Fsp3) is 0.846. The van der Waals surface area contributed by atoms with Gasteiger partial charge < -0.3 is 10.2 Å². The molecule has 0 aromatic carbocycles. The minimum Gasteiger partial charge on any atom is -0.343 e. The Balaban J connectivity index is 2.09. The number of nitrogens with zero attached hydrogens (tertiary/aromatic N) is 1. The monoisotopic (exact) mass is 270 g/mol. The van der Waals surface area contributed by atoms with Crippen LogP contribution in [0, 0.1) is 5.92 Å². The van der Waals surface area contributed by atoms with Crippen LogP contribution in [0.3, 0.4) is 0 Å². The number of hydrogen-bond donors (Lipinski definition) is 1. The zero-order valence-electron chi connectivity index (χ0n) is 11.1. The van der Waals surface area contributed by atoms with Crippen molar-refractivity contribution < 1.29 is 9.59 Å². The van der Waals surface area contributed by atoms with Crippen molar-refractivity contribution in [2.75, 3.05) is 18.1 Å². The number of nitrogens with one attached hydrogen (secondary N) is 1. The molecule has 3 atom stereocenters. The van der Waals surface area contributed by atoms with Crippen LogP contribution in [0.1, 0.15) is 33.1 Å². The molecular formula is C13H22N2O2S. The van der Waals surface area contributed by atoms with Gasteiger partial charge in [-0.15, -0.1) is 0 Å². The summed E-state index contributed by atoms with van der Waals surface area (Å²) in [6.07, 6.45) is 2.55. The molecule has 102 valence electrons. The number of thioether (sulfide) groups is 1. The first kappa shape index (κ1) is 13.7. The average molecular weight is 270 g/mol. The Morgan fingerprint density at radius 2 is 2.11 bits per heavy atom. The first-order valence-electron chi connectivity index (χ1n) is 6.86. The Morgan fingerprint density at radius 1 is 1.33 bits per heavy atom. The van der Waals surface area contributed by atoms with Crippen molar-refractivity contribution in [2.24, 2.45) is 5.92 Å². The van der Waals surface area contributed by atoms with Crippen LogP contribution >= 0.6 is 11.8 Å². The number of amides is 2. The summed E-state index contributed by atoms with van der Waals surface area (Å²) in [4.78, 5) is 26.2. The number of carbonyl (C=O) groups excluding carboxylic acids is 2. The molecule has 2 saturated heterocycles. The fourth-order valence-corrected chi connectivity index (χ4v) is 4.00. The van der Waals surface area contributed by atoms with E-state index in [9.17, 15) is 9.59 Å². The van der Waals surface area contributed by atoms with Crippen molar-refractivity contribution in [2.45, 2.75) is 45.2 Å². The lowest BCUT2D eigenvalue weighted by Gasteiger charge is -2.39. The highest BCUT2D eigenvalue weighted by atomic mass is 32.2. The van der Waals surface area contributed by atoms with E-state index in [-0.39, 0.29) is 23.9 Å². The van der Waals surface area contributed by atoms with E-state index >= 15 is 0 Å². The number of piperazine rings is 1. The highest BCUT2D eigenvalue weighted by Crippen LogP contribution is 2.26. The molecular weight excluding hydrogens is 248 g/mol. The summed E-state index contributed by atoms with van der Waals surface area (Å²) in [5.74, 6) is 3.01. The van der Waals surface area contributed by atoms with Crippen molar-refractivity contribution in [1.29, 1.82) is 0 Å². The first-order valence-corrected chi connectivity index (χ1v) is 8.01. The molecule has 2 aliphatic heterocycles. The van der Waals surface area contributed by atoms with Gasteiger partial charge in [-0.05, 0) is 36.7 Å². The van der Waals surface area contributed by atoms with Gasteiger partial charge in [0.25, 0.3) is 0 Å². The smallest absolute Gasteiger partial charge is 0.245 e. The van der Waals surface area contributed by atoms with Crippen molar-refractivity contribution >= 4 is 23.6 Å². The molecule has 0 bridgehead atoms. The highest BCUT2D eigenvalue weighted by Gasteiger charge is 2.39. The van der Waals surface area contributed by atoms with Gasteiger partial charge in [0.2, 0.25) is 11.8 Å². The van der Waals surface area contributed by atoms with Gasteiger partial charge in [0.1, 0.15) is 12.1 Å². The molecule has 0 aromatic rings. The molecule has 0 radical (unpaired) electrons. The Morgan fingerprint density at radius 3 is 2.67 bits per heavy atom. The molecule has 18 heavy (non-hydrogen) atoms. The molecule has 2 heterocycles. The van der Waals surface area contributed by atoms with Gasteiger partial charge in [0, 0.05) is 6.54 Å². The summed E-state index contributed by atoms with van der Waals surface area (Å²) in [5.41, 5.74) is 0. The molecule has 3 unspecified atom stereocenters. The SMILES string of the molecule is CCC1NC(=O)C(CC)N(CC2CCSC2)C1=O. The van der Waals surface area contributed by atoms with E-state index in [4.69, 9.17) is 0 Å². The first-order chi connectivity index (χ1) is 8.67. The topological polar surface area (TPSA) is 49.4 Å². The van der Waals surface area contributed by atoms with Gasteiger partial charge in [-0.25, -0.2) is 0 Å². The third-order valence-corrected chi connectivity index (χ3v) is 5.08.